The number of aryl methyl sites for hydroxylation is 3. The Balaban J connectivity index is 1.12. The van der Waals surface area contributed by atoms with E-state index in [0.717, 1.165) is 23.7 Å². The van der Waals surface area contributed by atoms with Crippen LogP contribution in [0.2, 0.25) is 0 Å². The molecule has 10 rings (SSSR count). The Morgan fingerprint density at radius 3 is 2.30 bits per heavy atom. The molecular formula is C46H48FN9O6S. The number of carbonyl (C=O) groups excluding carboxylic acids is 1. The number of nitrogens with zero attached hydrogens (tertiary/aromatic N) is 7. The maximum atomic E-state index is 15.4. The van der Waals surface area contributed by atoms with Crippen molar-refractivity contribution in [3.8, 4) is 17.2 Å². The highest BCUT2D eigenvalue weighted by molar-refractivity contribution is 7.91. The van der Waals surface area contributed by atoms with Crippen LogP contribution in [-0.2, 0) is 26.4 Å². The van der Waals surface area contributed by atoms with Crippen LogP contribution in [0.1, 0.15) is 94.9 Å². The highest BCUT2D eigenvalue weighted by atomic mass is 32.2. The molecule has 2 fully saturated rings. The summed E-state index contributed by atoms with van der Waals surface area (Å²) in [5.74, 6) is -0.124. The molecule has 0 bridgehead atoms. The molecule has 326 valence electrons. The third-order valence-electron chi connectivity index (χ3n) is 13.5. The van der Waals surface area contributed by atoms with E-state index in [1.54, 1.807) is 68.2 Å². The molecular weight excluding hydrogens is 826 g/mol. The Morgan fingerprint density at radius 1 is 0.952 bits per heavy atom. The maximum Gasteiger partial charge on any atom is 0.438 e. The Labute approximate surface area is 362 Å². The van der Waals surface area contributed by atoms with E-state index in [1.165, 1.54) is 21.0 Å². The first-order chi connectivity index (χ1) is 30.1. The minimum absolute atomic E-state index is 0.0161. The number of imidazole rings is 1. The fourth-order valence-corrected chi connectivity index (χ4v) is 11.2. The second-order valence-electron chi connectivity index (χ2n) is 17.6. The number of H-pyrrole nitrogens is 1. The summed E-state index contributed by atoms with van der Waals surface area (Å²) in [6, 6.07) is 16.1. The number of ether oxygens (including phenoxy) is 1. The molecule has 2 N–H and O–H groups in total. The van der Waals surface area contributed by atoms with Crippen LogP contribution in [0.25, 0.3) is 28.1 Å². The van der Waals surface area contributed by atoms with Crippen molar-refractivity contribution in [3.05, 3.63) is 139 Å². The molecule has 1 amide bonds. The molecule has 1 saturated carbocycles. The molecule has 0 unspecified atom stereocenters. The number of hydrogen-bond acceptors (Lipinski definition) is 9. The van der Waals surface area contributed by atoms with Crippen molar-refractivity contribution >= 4 is 26.5 Å². The van der Waals surface area contributed by atoms with E-state index >= 15 is 9.18 Å². The topological polar surface area (TPSA) is 179 Å². The van der Waals surface area contributed by atoms with Gasteiger partial charge in [0.25, 0.3) is 5.91 Å². The second-order valence-corrected chi connectivity index (χ2v) is 19.7. The van der Waals surface area contributed by atoms with Gasteiger partial charge in [0.1, 0.15) is 22.9 Å². The lowest BCUT2D eigenvalue weighted by atomic mass is 9.91. The van der Waals surface area contributed by atoms with Crippen molar-refractivity contribution in [1.29, 1.82) is 4.78 Å². The van der Waals surface area contributed by atoms with Crippen molar-refractivity contribution in [3.63, 3.8) is 0 Å². The molecule has 4 atom stereocenters. The molecule has 0 spiro atoms. The number of aromatic nitrogens is 7. The van der Waals surface area contributed by atoms with E-state index in [4.69, 9.17) is 19.1 Å². The van der Waals surface area contributed by atoms with Gasteiger partial charge in [-0.2, -0.15) is 5.10 Å². The van der Waals surface area contributed by atoms with E-state index in [-0.39, 0.29) is 17.6 Å². The summed E-state index contributed by atoms with van der Waals surface area (Å²) in [7, 11) is -3.00. The van der Waals surface area contributed by atoms with Crippen LogP contribution in [0.4, 0.5) is 4.39 Å². The van der Waals surface area contributed by atoms with Crippen LogP contribution in [0.15, 0.2) is 86.0 Å². The van der Waals surface area contributed by atoms with Gasteiger partial charge in [-0.3, -0.25) is 23.4 Å². The zero-order valence-electron chi connectivity index (χ0n) is 35.9. The Morgan fingerprint density at radius 2 is 1.65 bits per heavy atom. The molecule has 1 saturated heterocycles. The summed E-state index contributed by atoms with van der Waals surface area (Å²) in [6.45, 7) is 10.8. The predicted molar refractivity (Wildman–Crippen MR) is 234 cm³/mol. The molecule has 0 radical (unpaired) electrons. The minimum atomic E-state index is -3.00. The maximum absolute atomic E-state index is 15.4. The van der Waals surface area contributed by atoms with Gasteiger partial charge >= 0.3 is 11.4 Å². The van der Waals surface area contributed by atoms with Crippen LogP contribution in [0.5, 0.6) is 0 Å². The molecule has 63 heavy (non-hydrogen) atoms. The predicted octanol–water partition coefficient (Wildman–Crippen LogP) is 6.98. The summed E-state index contributed by atoms with van der Waals surface area (Å²) in [5.41, 5.74) is 5.08. The number of amides is 1. The minimum Gasteiger partial charge on any atom is -0.381 e. The molecule has 17 heteroatoms. The molecule has 7 aromatic rings. The molecule has 1 aliphatic carbocycles. The first-order valence-corrected chi connectivity index (χ1v) is 23.2. The van der Waals surface area contributed by atoms with Crippen LogP contribution >= 0.6 is 0 Å². The fraction of sp³-hybridized carbons (Fsp3) is 0.370. The lowest BCUT2D eigenvalue weighted by Crippen LogP contribution is -2.41. The Hall–Kier alpha value is -6.33. The van der Waals surface area contributed by atoms with Gasteiger partial charge in [-0.05, 0) is 130 Å². The SMILES string of the molecule is Cc1cc(-n2ccn(-c3c4c(nn3-c3cc(C)c(F)c(C)c3)CCN(C(=O)c3cc5cc(C6CCOCC6)ccc5n3[C@@]3(c5noc(=O)[nH]5)C[C@@H]3C)[C@H]4C)c2=O)ccc1[S@](C)(=N)=O. The third-order valence-corrected chi connectivity index (χ3v) is 14.8. The molecule has 3 aliphatic rings. The van der Waals surface area contributed by atoms with Crippen molar-refractivity contribution in [2.75, 3.05) is 26.0 Å². The largest absolute Gasteiger partial charge is 0.438 e. The van der Waals surface area contributed by atoms with Gasteiger partial charge in [0.15, 0.2) is 5.82 Å². The number of aromatic amines is 1. The van der Waals surface area contributed by atoms with E-state index in [1.807, 2.05) is 22.5 Å². The number of halogens is 1. The van der Waals surface area contributed by atoms with Crippen molar-refractivity contribution in [1.82, 2.24) is 38.5 Å². The summed E-state index contributed by atoms with van der Waals surface area (Å²) in [4.78, 5) is 47.5. The molecule has 2 aliphatic heterocycles. The number of fused-ring (bicyclic) bond motifs is 2. The number of benzene rings is 3. The smallest absolute Gasteiger partial charge is 0.381 e. The van der Waals surface area contributed by atoms with Gasteiger partial charge in [0, 0.05) is 66.2 Å². The zero-order valence-corrected chi connectivity index (χ0v) is 36.7. The number of carbonyl (C=O) groups is 1. The first kappa shape index (κ1) is 40.7. The average molecular weight is 874 g/mol. The molecule has 6 heterocycles. The van der Waals surface area contributed by atoms with Crippen LogP contribution in [0, 0.1) is 37.3 Å². The monoisotopic (exact) mass is 873 g/mol. The number of rotatable bonds is 8. The molecule has 4 aromatic heterocycles. The zero-order chi connectivity index (χ0) is 44.3. The van der Waals surface area contributed by atoms with Gasteiger partial charge in [-0.1, -0.05) is 18.1 Å². The summed E-state index contributed by atoms with van der Waals surface area (Å²) in [5, 5.41) is 10.1. The number of hydrogen-bond donors (Lipinski definition) is 2. The van der Waals surface area contributed by atoms with Crippen molar-refractivity contribution < 1.29 is 22.7 Å². The summed E-state index contributed by atoms with van der Waals surface area (Å²) in [6.07, 6.45) is 7.46. The first-order valence-electron chi connectivity index (χ1n) is 21.2. The van der Waals surface area contributed by atoms with Crippen LogP contribution in [-0.4, -0.2) is 74.7 Å². The van der Waals surface area contributed by atoms with Crippen molar-refractivity contribution in [2.45, 2.75) is 82.7 Å². The lowest BCUT2D eigenvalue weighted by Gasteiger charge is -2.34. The third kappa shape index (κ3) is 6.45. The van der Waals surface area contributed by atoms with Crippen LogP contribution < -0.4 is 11.4 Å². The van der Waals surface area contributed by atoms with E-state index in [9.17, 15) is 13.8 Å². The highest BCUT2D eigenvalue weighted by Crippen LogP contribution is 2.56. The normalized spacial score (nSPS) is 21.2. The fourth-order valence-electron chi connectivity index (χ4n) is 10.2. The van der Waals surface area contributed by atoms with Gasteiger partial charge in [-0.15, -0.1) is 0 Å². The number of nitrogens with one attached hydrogen (secondary N) is 2. The van der Waals surface area contributed by atoms with Gasteiger partial charge in [0.2, 0.25) is 0 Å². The van der Waals surface area contributed by atoms with E-state index in [2.05, 4.69) is 35.3 Å². The van der Waals surface area contributed by atoms with Gasteiger partial charge < -0.3 is 14.2 Å². The standard InChI is InChI=1S/C46H48FN9O6S/c1-25-19-33(8-10-38(25)63(6,48)60)53-15-16-54(45(53)59)41-39-29(5)52(14-11-35(39)50-56(41)34-20-26(2)40(47)27(3)21-34)42(57)37-23-32-22-31(30-12-17-61-18-13-30)7-9-36(32)55(37)46(24-28(46)4)43-49-44(58)62-51-43/h7-10,15-16,19-23,28-30,48H,11-14,17-18,24H2,1-6H3,(H,49,51,58)/t28-,29-,46-,63+/m0/s1. The summed E-state index contributed by atoms with van der Waals surface area (Å²) >= 11 is 0. The molecule has 15 nitrogen and oxygen atoms in total. The Bertz CT molecular complexity index is 3230. The Kier molecular flexibility index (Phi) is 9.45. The lowest BCUT2D eigenvalue weighted by molar-refractivity contribution is 0.0663. The van der Waals surface area contributed by atoms with E-state index < -0.39 is 32.8 Å². The molecule has 3 aromatic carbocycles. The quantitative estimate of drug-likeness (QED) is 0.164. The highest BCUT2D eigenvalue weighted by Gasteiger charge is 2.59. The van der Waals surface area contributed by atoms with Crippen molar-refractivity contribution in [2.24, 2.45) is 5.92 Å². The van der Waals surface area contributed by atoms with E-state index in [0.29, 0.717) is 100 Å². The van der Waals surface area contributed by atoms with Gasteiger partial charge in [0.05, 0.1) is 32.8 Å². The van der Waals surface area contributed by atoms with Gasteiger partial charge in [-0.25, -0.2) is 27.6 Å². The van der Waals surface area contributed by atoms with Crippen LogP contribution in [0.3, 0.4) is 0 Å². The average Bonchev–Trinajstić information content (AvgIpc) is 3.75. The second kappa shape index (κ2) is 14.6. The summed E-state index contributed by atoms with van der Waals surface area (Å²) < 4.78 is 53.2.